The van der Waals surface area contributed by atoms with Crippen LogP contribution in [0.4, 0.5) is 0 Å². The fraction of sp³-hybridized carbons (Fsp3) is 0.381. The van der Waals surface area contributed by atoms with E-state index in [1.807, 2.05) is 18.2 Å². The van der Waals surface area contributed by atoms with Gasteiger partial charge in [-0.05, 0) is 35.6 Å². The molecule has 132 valence electrons. The van der Waals surface area contributed by atoms with Crippen molar-refractivity contribution in [1.29, 1.82) is 0 Å². The number of carboxylic acid groups (broad SMARTS) is 1. The highest BCUT2D eigenvalue weighted by Crippen LogP contribution is 2.37. The lowest BCUT2D eigenvalue weighted by Gasteiger charge is -2.18. The van der Waals surface area contributed by atoms with E-state index in [0.29, 0.717) is 18.3 Å². The van der Waals surface area contributed by atoms with Crippen LogP contribution >= 0.6 is 0 Å². The Morgan fingerprint density at radius 2 is 1.96 bits per heavy atom. The average molecular weight is 339 g/mol. The van der Waals surface area contributed by atoms with Crippen LogP contribution in [-0.4, -0.2) is 36.2 Å². The normalized spacial score (nSPS) is 20.5. The molecule has 4 heteroatoms. The largest absolute Gasteiger partial charge is 0.497 e. The van der Waals surface area contributed by atoms with E-state index in [0.717, 1.165) is 25.4 Å². The first-order valence-corrected chi connectivity index (χ1v) is 8.77. The molecule has 0 saturated carbocycles. The fourth-order valence-electron chi connectivity index (χ4n) is 3.78. The van der Waals surface area contributed by atoms with Gasteiger partial charge in [0.25, 0.3) is 0 Å². The third-order valence-corrected chi connectivity index (χ3v) is 5.02. The summed E-state index contributed by atoms with van der Waals surface area (Å²) in [4.78, 5) is 13.5. The first-order chi connectivity index (χ1) is 12.2. The van der Waals surface area contributed by atoms with Crippen LogP contribution in [0.5, 0.6) is 5.75 Å². The van der Waals surface area contributed by atoms with Crippen LogP contribution in [-0.2, 0) is 11.3 Å². The van der Waals surface area contributed by atoms with Crippen LogP contribution in [0.2, 0.25) is 0 Å². The lowest BCUT2D eigenvalue weighted by atomic mass is 9.86. The van der Waals surface area contributed by atoms with Gasteiger partial charge in [0.1, 0.15) is 5.75 Å². The van der Waals surface area contributed by atoms with Crippen LogP contribution in [0.1, 0.15) is 29.9 Å². The quantitative estimate of drug-likeness (QED) is 0.834. The van der Waals surface area contributed by atoms with Gasteiger partial charge in [0.05, 0.1) is 7.11 Å². The number of rotatable bonds is 7. The Kier molecular flexibility index (Phi) is 5.71. The summed E-state index contributed by atoms with van der Waals surface area (Å²) in [5.74, 6) is 0.840. The first-order valence-electron chi connectivity index (χ1n) is 8.77. The molecule has 1 saturated heterocycles. The van der Waals surface area contributed by atoms with Crippen molar-refractivity contribution in [3.05, 3.63) is 65.7 Å². The molecule has 0 bridgehead atoms. The topological polar surface area (TPSA) is 49.8 Å². The Morgan fingerprint density at radius 3 is 2.68 bits per heavy atom. The summed E-state index contributed by atoms with van der Waals surface area (Å²) in [6.07, 6.45) is 0.937. The number of aliphatic carboxylic acids is 1. The molecular formula is C21H25NO3. The van der Waals surface area contributed by atoms with Crippen molar-refractivity contribution < 1.29 is 14.6 Å². The number of benzene rings is 2. The van der Waals surface area contributed by atoms with Gasteiger partial charge in [-0.25, -0.2) is 0 Å². The lowest BCUT2D eigenvalue weighted by molar-refractivity contribution is -0.137. The van der Waals surface area contributed by atoms with Crippen molar-refractivity contribution in [2.24, 2.45) is 5.92 Å². The smallest absolute Gasteiger partial charge is 0.303 e. The van der Waals surface area contributed by atoms with Gasteiger partial charge in [-0.3, -0.25) is 9.69 Å². The summed E-state index contributed by atoms with van der Waals surface area (Å²) in [5, 5.41) is 9.08. The van der Waals surface area contributed by atoms with Crippen LogP contribution in [0, 0.1) is 5.92 Å². The van der Waals surface area contributed by atoms with Gasteiger partial charge in [0, 0.05) is 32.0 Å². The highest BCUT2D eigenvalue weighted by Gasteiger charge is 2.34. The minimum absolute atomic E-state index is 0.227. The SMILES string of the molecule is COc1cccc([C@H]2CN(Cc3ccccc3)C[C@@H]2CCC(=O)O)c1. The molecular weight excluding hydrogens is 314 g/mol. The zero-order valence-electron chi connectivity index (χ0n) is 14.6. The maximum absolute atomic E-state index is 11.0. The fourth-order valence-corrected chi connectivity index (χ4v) is 3.78. The van der Waals surface area contributed by atoms with Crippen molar-refractivity contribution in [3.63, 3.8) is 0 Å². The van der Waals surface area contributed by atoms with E-state index >= 15 is 0 Å². The molecule has 0 spiro atoms. The Bertz CT molecular complexity index is 701. The Balaban J connectivity index is 1.76. The average Bonchev–Trinajstić information content (AvgIpc) is 3.03. The van der Waals surface area contributed by atoms with Crippen molar-refractivity contribution in [1.82, 2.24) is 4.90 Å². The standard InChI is InChI=1S/C21H25NO3/c1-25-19-9-5-8-17(12-19)20-15-22(13-16-6-3-2-4-7-16)14-18(20)10-11-21(23)24/h2-9,12,18,20H,10-11,13-15H2,1H3,(H,23,24)/t18-,20+/m0/s1. The predicted octanol–water partition coefficient (Wildman–Crippen LogP) is 3.78. The molecule has 0 unspecified atom stereocenters. The van der Waals surface area contributed by atoms with E-state index in [4.69, 9.17) is 9.84 Å². The van der Waals surface area contributed by atoms with Gasteiger partial charge < -0.3 is 9.84 Å². The predicted molar refractivity (Wildman–Crippen MR) is 97.8 cm³/mol. The molecule has 4 nitrogen and oxygen atoms in total. The van der Waals surface area contributed by atoms with E-state index in [-0.39, 0.29) is 6.42 Å². The second-order valence-electron chi connectivity index (χ2n) is 6.76. The summed E-state index contributed by atoms with van der Waals surface area (Å²) in [6.45, 7) is 2.79. The molecule has 2 aromatic carbocycles. The number of hydrogen-bond acceptors (Lipinski definition) is 3. The van der Waals surface area contributed by atoms with E-state index in [1.165, 1.54) is 11.1 Å². The van der Waals surface area contributed by atoms with E-state index in [2.05, 4.69) is 41.3 Å². The van der Waals surface area contributed by atoms with Gasteiger partial charge in [-0.15, -0.1) is 0 Å². The summed E-state index contributed by atoms with van der Waals surface area (Å²) in [5.41, 5.74) is 2.54. The summed E-state index contributed by atoms with van der Waals surface area (Å²) in [6, 6.07) is 18.6. The van der Waals surface area contributed by atoms with Gasteiger partial charge >= 0.3 is 5.97 Å². The van der Waals surface area contributed by atoms with E-state index in [9.17, 15) is 4.79 Å². The van der Waals surface area contributed by atoms with Gasteiger partial charge in [0.15, 0.2) is 0 Å². The number of hydrogen-bond donors (Lipinski definition) is 1. The summed E-state index contributed by atoms with van der Waals surface area (Å²) < 4.78 is 5.36. The number of carboxylic acids is 1. The molecule has 2 atom stereocenters. The van der Waals surface area contributed by atoms with Crippen LogP contribution in [0.15, 0.2) is 54.6 Å². The molecule has 0 radical (unpaired) electrons. The van der Waals surface area contributed by atoms with Crippen molar-refractivity contribution >= 4 is 5.97 Å². The molecule has 0 amide bonds. The molecule has 1 heterocycles. The molecule has 0 aromatic heterocycles. The Morgan fingerprint density at radius 1 is 1.16 bits per heavy atom. The Labute approximate surface area is 149 Å². The molecule has 25 heavy (non-hydrogen) atoms. The minimum atomic E-state index is -0.717. The van der Waals surface area contributed by atoms with Crippen LogP contribution in [0.3, 0.4) is 0 Å². The maximum atomic E-state index is 11.0. The molecule has 1 aliphatic rings. The van der Waals surface area contributed by atoms with Gasteiger partial charge in [-0.2, -0.15) is 0 Å². The molecule has 2 aromatic rings. The number of methoxy groups -OCH3 is 1. The monoisotopic (exact) mass is 339 g/mol. The van der Waals surface area contributed by atoms with Crippen molar-refractivity contribution in [3.8, 4) is 5.75 Å². The molecule has 3 rings (SSSR count). The summed E-state index contributed by atoms with van der Waals surface area (Å²) in [7, 11) is 1.68. The van der Waals surface area contributed by atoms with Gasteiger partial charge in [0.2, 0.25) is 0 Å². The molecule has 1 fully saturated rings. The van der Waals surface area contributed by atoms with Crippen molar-refractivity contribution in [2.45, 2.75) is 25.3 Å². The highest BCUT2D eigenvalue weighted by atomic mass is 16.5. The zero-order chi connectivity index (χ0) is 17.6. The van der Waals surface area contributed by atoms with Crippen LogP contribution in [0.25, 0.3) is 0 Å². The lowest BCUT2D eigenvalue weighted by Crippen LogP contribution is -2.20. The molecule has 1 N–H and O–H groups in total. The van der Waals surface area contributed by atoms with E-state index in [1.54, 1.807) is 7.11 Å². The number of ether oxygens (including phenoxy) is 1. The minimum Gasteiger partial charge on any atom is -0.497 e. The van der Waals surface area contributed by atoms with Gasteiger partial charge in [-0.1, -0.05) is 42.5 Å². The number of likely N-dealkylation sites (tertiary alicyclic amines) is 1. The summed E-state index contributed by atoms with van der Waals surface area (Å²) >= 11 is 0. The van der Waals surface area contributed by atoms with Crippen molar-refractivity contribution in [2.75, 3.05) is 20.2 Å². The second-order valence-corrected chi connectivity index (χ2v) is 6.76. The van der Waals surface area contributed by atoms with Crippen LogP contribution < -0.4 is 4.74 Å². The zero-order valence-corrected chi connectivity index (χ0v) is 14.6. The maximum Gasteiger partial charge on any atom is 0.303 e. The highest BCUT2D eigenvalue weighted by molar-refractivity contribution is 5.66. The molecule has 1 aliphatic heterocycles. The van der Waals surface area contributed by atoms with E-state index < -0.39 is 5.97 Å². The first kappa shape index (κ1) is 17.5. The molecule has 0 aliphatic carbocycles. The number of carbonyl (C=O) groups is 1. The second kappa shape index (κ2) is 8.17. The number of nitrogens with zero attached hydrogens (tertiary/aromatic N) is 1. The third kappa shape index (κ3) is 4.60. The third-order valence-electron chi connectivity index (χ3n) is 5.02. The Hall–Kier alpha value is -2.33.